The molecule has 0 heterocycles. The van der Waals surface area contributed by atoms with Crippen LogP contribution in [0.3, 0.4) is 0 Å². The molecule has 4 heteroatoms. The van der Waals surface area contributed by atoms with Crippen LogP contribution in [-0.4, -0.2) is 31.6 Å². The SMILES string of the molecule is C/C(=C(/C)[C@@](C)(O)C(C)(C)O)c1cccc(O)c1CO. The molecular weight excluding hydrogens is 256 g/mol. The molecule has 1 atom stereocenters. The summed E-state index contributed by atoms with van der Waals surface area (Å²) in [7, 11) is 0. The zero-order valence-corrected chi connectivity index (χ0v) is 12.7. The number of hydrogen-bond acceptors (Lipinski definition) is 4. The smallest absolute Gasteiger partial charge is 0.121 e. The number of phenols is 1. The summed E-state index contributed by atoms with van der Waals surface area (Å²) in [6.07, 6.45) is 0. The number of aromatic hydroxyl groups is 1. The molecule has 4 N–H and O–H groups in total. The first-order valence-corrected chi connectivity index (χ1v) is 6.58. The van der Waals surface area contributed by atoms with Crippen LogP contribution in [0.1, 0.15) is 45.7 Å². The van der Waals surface area contributed by atoms with Crippen molar-refractivity contribution in [1.82, 2.24) is 0 Å². The molecule has 0 unspecified atom stereocenters. The molecule has 112 valence electrons. The van der Waals surface area contributed by atoms with E-state index in [4.69, 9.17) is 0 Å². The molecule has 0 spiro atoms. The van der Waals surface area contributed by atoms with Crippen molar-refractivity contribution in [1.29, 1.82) is 0 Å². The van der Waals surface area contributed by atoms with Gasteiger partial charge in [0.05, 0.1) is 12.2 Å². The lowest BCUT2D eigenvalue weighted by atomic mass is 9.78. The maximum atomic E-state index is 10.6. The highest BCUT2D eigenvalue weighted by Crippen LogP contribution is 2.36. The maximum Gasteiger partial charge on any atom is 0.121 e. The van der Waals surface area contributed by atoms with Crippen molar-refractivity contribution in [2.45, 2.75) is 52.4 Å². The predicted molar refractivity (Wildman–Crippen MR) is 79.2 cm³/mol. The Morgan fingerprint density at radius 1 is 1.10 bits per heavy atom. The van der Waals surface area contributed by atoms with Crippen molar-refractivity contribution in [3.8, 4) is 5.75 Å². The molecular formula is C16H24O4. The second-order valence-electron chi connectivity index (χ2n) is 5.84. The Balaban J connectivity index is 3.47. The average molecular weight is 280 g/mol. The molecule has 0 aliphatic heterocycles. The Hall–Kier alpha value is -1.36. The normalized spacial score (nSPS) is 16.6. The van der Waals surface area contributed by atoms with Crippen molar-refractivity contribution in [3.63, 3.8) is 0 Å². The predicted octanol–water partition coefficient (Wildman–Crippen LogP) is 2.20. The maximum absolute atomic E-state index is 10.6. The van der Waals surface area contributed by atoms with Crippen molar-refractivity contribution in [2.24, 2.45) is 0 Å². The number of hydrogen-bond donors (Lipinski definition) is 4. The van der Waals surface area contributed by atoms with E-state index < -0.39 is 11.2 Å². The Morgan fingerprint density at radius 3 is 2.10 bits per heavy atom. The van der Waals surface area contributed by atoms with Crippen molar-refractivity contribution < 1.29 is 20.4 Å². The third-order valence-electron chi connectivity index (χ3n) is 4.20. The van der Waals surface area contributed by atoms with E-state index in [0.29, 0.717) is 16.7 Å². The van der Waals surface area contributed by atoms with Crippen molar-refractivity contribution in [3.05, 3.63) is 34.9 Å². The van der Waals surface area contributed by atoms with E-state index >= 15 is 0 Å². The first-order chi connectivity index (χ1) is 9.04. The van der Waals surface area contributed by atoms with Gasteiger partial charge in [0.25, 0.3) is 0 Å². The van der Waals surface area contributed by atoms with Crippen LogP contribution >= 0.6 is 0 Å². The molecule has 0 amide bonds. The van der Waals surface area contributed by atoms with Crippen molar-refractivity contribution in [2.75, 3.05) is 0 Å². The minimum Gasteiger partial charge on any atom is -0.508 e. The van der Waals surface area contributed by atoms with Crippen LogP contribution in [-0.2, 0) is 6.61 Å². The molecule has 0 saturated carbocycles. The second kappa shape index (κ2) is 5.56. The monoisotopic (exact) mass is 280 g/mol. The number of allylic oxidation sites excluding steroid dienone is 1. The lowest BCUT2D eigenvalue weighted by Gasteiger charge is -2.37. The summed E-state index contributed by atoms with van der Waals surface area (Å²) >= 11 is 0. The first-order valence-electron chi connectivity index (χ1n) is 6.58. The van der Waals surface area contributed by atoms with Crippen LogP contribution in [0.2, 0.25) is 0 Å². The molecule has 0 aliphatic rings. The molecule has 0 bridgehead atoms. The van der Waals surface area contributed by atoms with Gasteiger partial charge in [-0.15, -0.1) is 0 Å². The van der Waals surface area contributed by atoms with Gasteiger partial charge in [0.15, 0.2) is 0 Å². The van der Waals surface area contributed by atoms with Gasteiger partial charge in [-0.2, -0.15) is 0 Å². The second-order valence-corrected chi connectivity index (χ2v) is 5.84. The fraction of sp³-hybridized carbons (Fsp3) is 0.500. The number of aliphatic hydroxyl groups is 3. The zero-order valence-electron chi connectivity index (χ0n) is 12.7. The largest absolute Gasteiger partial charge is 0.508 e. The molecule has 1 aromatic rings. The number of aliphatic hydroxyl groups excluding tert-OH is 1. The van der Waals surface area contributed by atoms with E-state index in [1.807, 2.05) is 0 Å². The minimum atomic E-state index is -1.42. The van der Waals surface area contributed by atoms with E-state index in [2.05, 4.69) is 0 Å². The van der Waals surface area contributed by atoms with Gasteiger partial charge in [0, 0.05) is 5.56 Å². The molecule has 1 rings (SSSR count). The molecule has 0 aromatic heterocycles. The van der Waals surface area contributed by atoms with Gasteiger partial charge in [0.2, 0.25) is 0 Å². The number of benzene rings is 1. The fourth-order valence-corrected chi connectivity index (χ4v) is 2.12. The van der Waals surface area contributed by atoms with Crippen LogP contribution in [0.25, 0.3) is 5.57 Å². The lowest BCUT2D eigenvalue weighted by Crippen LogP contribution is -2.48. The third kappa shape index (κ3) is 2.87. The average Bonchev–Trinajstić information content (AvgIpc) is 2.35. The lowest BCUT2D eigenvalue weighted by molar-refractivity contribution is -0.0949. The van der Waals surface area contributed by atoms with E-state index in [-0.39, 0.29) is 12.4 Å². The van der Waals surface area contributed by atoms with Crippen LogP contribution in [0.5, 0.6) is 5.75 Å². The summed E-state index contributed by atoms with van der Waals surface area (Å²) in [6.45, 7) is 7.87. The van der Waals surface area contributed by atoms with Gasteiger partial charge in [0.1, 0.15) is 11.4 Å². The molecule has 0 saturated heterocycles. The van der Waals surface area contributed by atoms with Gasteiger partial charge >= 0.3 is 0 Å². The molecule has 0 aliphatic carbocycles. The molecule has 0 fully saturated rings. The molecule has 4 nitrogen and oxygen atoms in total. The van der Waals surface area contributed by atoms with Crippen LogP contribution in [0, 0.1) is 0 Å². The Morgan fingerprint density at radius 2 is 1.65 bits per heavy atom. The zero-order chi connectivity index (χ0) is 15.7. The Labute approximate surface area is 120 Å². The molecule has 0 radical (unpaired) electrons. The summed E-state index contributed by atoms with van der Waals surface area (Å²) < 4.78 is 0. The van der Waals surface area contributed by atoms with E-state index in [1.54, 1.807) is 46.8 Å². The first kappa shape index (κ1) is 16.7. The highest BCUT2D eigenvalue weighted by atomic mass is 16.4. The van der Waals surface area contributed by atoms with Gasteiger partial charge in [-0.1, -0.05) is 12.1 Å². The van der Waals surface area contributed by atoms with Gasteiger partial charge < -0.3 is 20.4 Å². The molecule has 1 aromatic carbocycles. The van der Waals surface area contributed by atoms with Crippen LogP contribution < -0.4 is 0 Å². The standard InChI is InChI=1S/C16H24O4/c1-10(11(2)16(5,20)15(3,4)19)12-7-6-8-14(18)13(12)9-17/h6-8,17-20H,9H2,1-5H3/b11-10+/t16-/m1/s1. The van der Waals surface area contributed by atoms with Gasteiger partial charge in [-0.3, -0.25) is 0 Å². The van der Waals surface area contributed by atoms with E-state index in [0.717, 1.165) is 5.57 Å². The van der Waals surface area contributed by atoms with E-state index in [1.165, 1.54) is 6.07 Å². The van der Waals surface area contributed by atoms with Gasteiger partial charge in [-0.05, 0) is 57.4 Å². The summed E-state index contributed by atoms with van der Waals surface area (Å²) in [4.78, 5) is 0. The highest BCUT2D eigenvalue weighted by molar-refractivity contribution is 5.72. The van der Waals surface area contributed by atoms with Crippen molar-refractivity contribution >= 4 is 5.57 Å². The summed E-state index contributed by atoms with van der Waals surface area (Å²) in [5.74, 6) is 0.0139. The Kier molecular flexibility index (Phi) is 4.64. The number of rotatable bonds is 4. The summed E-state index contributed by atoms with van der Waals surface area (Å²) in [5, 5.41) is 39.8. The summed E-state index contributed by atoms with van der Waals surface area (Å²) in [6, 6.07) is 4.95. The minimum absolute atomic E-state index is 0.0139. The van der Waals surface area contributed by atoms with E-state index in [9.17, 15) is 20.4 Å². The van der Waals surface area contributed by atoms with Crippen LogP contribution in [0.4, 0.5) is 0 Å². The topological polar surface area (TPSA) is 80.9 Å². The summed E-state index contributed by atoms with van der Waals surface area (Å²) in [5.41, 5.74) is -0.350. The fourth-order valence-electron chi connectivity index (χ4n) is 2.12. The third-order valence-corrected chi connectivity index (χ3v) is 4.20. The molecule has 20 heavy (non-hydrogen) atoms. The highest BCUT2D eigenvalue weighted by Gasteiger charge is 2.40. The van der Waals surface area contributed by atoms with Crippen LogP contribution in [0.15, 0.2) is 23.8 Å². The quantitative estimate of drug-likeness (QED) is 0.681. The Bertz CT molecular complexity index is 522. The van der Waals surface area contributed by atoms with Gasteiger partial charge in [-0.25, -0.2) is 0 Å².